The first kappa shape index (κ1) is 7.74. The minimum Gasteiger partial charge on any atom is -0.410 e. The molecule has 0 fully saturated rings. The second-order valence-corrected chi connectivity index (χ2v) is 4.22. The van der Waals surface area contributed by atoms with Crippen molar-refractivity contribution in [3.05, 3.63) is 0 Å². The summed E-state index contributed by atoms with van der Waals surface area (Å²) >= 11 is 0. The lowest BCUT2D eigenvalue weighted by molar-refractivity contribution is 0.382. The summed E-state index contributed by atoms with van der Waals surface area (Å²) in [6.45, 7) is 6.72. The second-order valence-electron chi connectivity index (χ2n) is 1.79. The average molecular weight is 128 g/mol. The van der Waals surface area contributed by atoms with Crippen molar-refractivity contribution in [2.24, 2.45) is 0 Å². The van der Waals surface area contributed by atoms with Gasteiger partial charge >= 0.3 is 0 Å². The molecule has 0 aliphatic carbocycles. The molecule has 0 bridgehead atoms. The molecule has 2 heteroatoms. The van der Waals surface area contributed by atoms with Crippen LogP contribution >= 0.6 is 0 Å². The van der Waals surface area contributed by atoms with E-state index >= 15 is 0 Å². The Morgan fingerprint density at radius 2 is 2.12 bits per heavy atom. The van der Waals surface area contributed by atoms with Crippen LogP contribution in [0, 0.1) is 11.8 Å². The van der Waals surface area contributed by atoms with Crippen LogP contribution in [-0.4, -0.2) is 15.6 Å². The van der Waals surface area contributed by atoms with E-state index in [2.05, 4.69) is 24.9 Å². The van der Waals surface area contributed by atoms with Crippen LogP contribution in [0.4, 0.5) is 0 Å². The molecule has 0 unspecified atom stereocenters. The van der Waals surface area contributed by atoms with Gasteiger partial charge in [0.25, 0.3) is 0 Å². The van der Waals surface area contributed by atoms with E-state index in [-0.39, 0.29) is 0 Å². The quantitative estimate of drug-likeness (QED) is 0.398. The van der Waals surface area contributed by atoms with E-state index in [1.165, 1.54) is 0 Å². The minimum atomic E-state index is -0.805. The smallest absolute Gasteiger partial charge is 0.172 e. The highest BCUT2D eigenvalue weighted by atomic mass is 28.3. The Bertz CT molecular complexity index is 98.8. The minimum absolute atomic E-state index is 0.625. The van der Waals surface area contributed by atoms with Crippen molar-refractivity contribution in [2.75, 3.05) is 6.61 Å². The fraction of sp³-hybridized carbons (Fsp3) is 0.667. The third kappa shape index (κ3) is 5.74. The second kappa shape index (κ2) is 4.89. The third-order valence-corrected chi connectivity index (χ3v) is 1.50. The van der Waals surface area contributed by atoms with E-state index in [1.54, 1.807) is 0 Å². The van der Waals surface area contributed by atoms with Gasteiger partial charge in [-0.1, -0.05) is 5.92 Å². The molecule has 0 aliphatic heterocycles. The SMILES string of the molecule is CC#CCO[SiH](C)C. The van der Waals surface area contributed by atoms with Crippen LogP contribution in [0.2, 0.25) is 13.1 Å². The molecule has 0 radical (unpaired) electrons. The predicted octanol–water partition coefficient (Wildman–Crippen LogP) is 1.01. The molecular formula is C6H12OSi. The maximum atomic E-state index is 5.25. The first-order valence-corrected chi connectivity index (χ1v) is 5.56. The monoisotopic (exact) mass is 128 g/mol. The van der Waals surface area contributed by atoms with Crippen LogP contribution in [0.3, 0.4) is 0 Å². The van der Waals surface area contributed by atoms with Gasteiger partial charge in [-0.2, -0.15) is 0 Å². The molecule has 0 atom stereocenters. The van der Waals surface area contributed by atoms with E-state index in [0.29, 0.717) is 6.61 Å². The molecule has 46 valence electrons. The van der Waals surface area contributed by atoms with Crippen LogP contribution in [0.15, 0.2) is 0 Å². The Morgan fingerprint density at radius 3 is 2.50 bits per heavy atom. The molecule has 0 aromatic heterocycles. The van der Waals surface area contributed by atoms with Crippen molar-refractivity contribution < 1.29 is 4.43 Å². The van der Waals surface area contributed by atoms with E-state index in [1.807, 2.05) is 6.92 Å². The van der Waals surface area contributed by atoms with Gasteiger partial charge in [0.05, 0.1) is 6.61 Å². The van der Waals surface area contributed by atoms with Crippen molar-refractivity contribution in [1.82, 2.24) is 0 Å². The molecule has 0 spiro atoms. The van der Waals surface area contributed by atoms with Crippen LogP contribution in [0.1, 0.15) is 6.92 Å². The van der Waals surface area contributed by atoms with E-state index < -0.39 is 9.04 Å². The molecule has 0 aromatic rings. The Labute approximate surface area is 52.8 Å². The molecule has 0 saturated heterocycles. The molecule has 8 heavy (non-hydrogen) atoms. The third-order valence-electron chi connectivity index (χ3n) is 0.666. The molecule has 0 aliphatic rings. The first-order valence-electron chi connectivity index (χ1n) is 2.78. The Kier molecular flexibility index (Phi) is 4.72. The Hall–Kier alpha value is -0.263. The highest BCUT2D eigenvalue weighted by Gasteiger charge is 1.89. The molecule has 0 N–H and O–H groups in total. The fourth-order valence-corrected chi connectivity index (χ4v) is 0.697. The van der Waals surface area contributed by atoms with Gasteiger partial charge in [-0.15, -0.1) is 5.92 Å². The van der Waals surface area contributed by atoms with Gasteiger partial charge in [0.15, 0.2) is 9.04 Å². The number of hydrogen-bond acceptors (Lipinski definition) is 1. The van der Waals surface area contributed by atoms with Gasteiger partial charge in [-0.05, 0) is 20.0 Å². The Balaban J connectivity index is 3.01. The van der Waals surface area contributed by atoms with Gasteiger partial charge in [0.1, 0.15) is 0 Å². The lowest BCUT2D eigenvalue weighted by atomic mass is 10.6. The molecular weight excluding hydrogens is 116 g/mol. The van der Waals surface area contributed by atoms with Crippen molar-refractivity contribution in [3.8, 4) is 11.8 Å². The van der Waals surface area contributed by atoms with Gasteiger partial charge in [-0.25, -0.2) is 0 Å². The lowest BCUT2D eigenvalue weighted by Crippen LogP contribution is -2.06. The highest BCUT2D eigenvalue weighted by Crippen LogP contribution is 1.79. The first-order chi connectivity index (χ1) is 3.77. The van der Waals surface area contributed by atoms with Gasteiger partial charge in [-0.3, -0.25) is 0 Å². The summed E-state index contributed by atoms with van der Waals surface area (Å²) in [5.74, 6) is 5.61. The normalized spacial score (nSPS) is 8.50. The zero-order chi connectivity index (χ0) is 6.41. The lowest BCUT2D eigenvalue weighted by Gasteiger charge is -1.98. The van der Waals surface area contributed by atoms with Crippen molar-refractivity contribution >= 4 is 9.04 Å². The zero-order valence-corrected chi connectivity index (χ0v) is 6.85. The average Bonchev–Trinajstić information content (AvgIpc) is 1.66. The molecule has 0 rings (SSSR count). The summed E-state index contributed by atoms with van der Waals surface area (Å²) in [5.41, 5.74) is 0. The largest absolute Gasteiger partial charge is 0.410 e. The summed E-state index contributed by atoms with van der Waals surface area (Å²) in [6, 6.07) is 0. The van der Waals surface area contributed by atoms with Gasteiger partial charge < -0.3 is 4.43 Å². The van der Waals surface area contributed by atoms with Crippen LogP contribution in [0.25, 0.3) is 0 Å². The summed E-state index contributed by atoms with van der Waals surface area (Å²) in [5, 5.41) is 0. The van der Waals surface area contributed by atoms with Crippen LogP contribution in [-0.2, 0) is 4.43 Å². The van der Waals surface area contributed by atoms with Crippen molar-refractivity contribution in [2.45, 2.75) is 20.0 Å². The maximum Gasteiger partial charge on any atom is 0.172 e. The summed E-state index contributed by atoms with van der Waals surface area (Å²) in [7, 11) is -0.805. The maximum absolute atomic E-state index is 5.25. The molecule has 0 aromatic carbocycles. The van der Waals surface area contributed by atoms with Crippen molar-refractivity contribution in [1.29, 1.82) is 0 Å². The van der Waals surface area contributed by atoms with Crippen molar-refractivity contribution in [3.63, 3.8) is 0 Å². The number of rotatable bonds is 2. The molecule has 0 amide bonds. The fourth-order valence-electron chi connectivity index (χ4n) is 0.281. The highest BCUT2D eigenvalue weighted by molar-refractivity contribution is 6.48. The van der Waals surface area contributed by atoms with Crippen LogP contribution < -0.4 is 0 Å². The number of hydrogen-bond donors (Lipinski definition) is 0. The topological polar surface area (TPSA) is 9.23 Å². The molecule has 1 nitrogen and oxygen atoms in total. The molecule has 0 heterocycles. The van der Waals surface area contributed by atoms with Gasteiger partial charge in [0.2, 0.25) is 0 Å². The summed E-state index contributed by atoms with van der Waals surface area (Å²) in [4.78, 5) is 0. The zero-order valence-electron chi connectivity index (χ0n) is 5.69. The van der Waals surface area contributed by atoms with E-state index in [0.717, 1.165) is 0 Å². The Morgan fingerprint density at radius 1 is 1.50 bits per heavy atom. The summed E-state index contributed by atoms with van der Waals surface area (Å²) < 4.78 is 5.25. The molecule has 0 saturated carbocycles. The summed E-state index contributed by atoms with van der Waals surface area (Å²) in [6.07, 6.45) is 0. The van der Waals surface area contributed by atoms with E-state index in [9.17, 15) is 0 Å². The van der Waals surface area contributed by atoms with E-state index in [4.69, 9.17) is 4.43 Å². The van der Waals surface area contributed by atoms with Gasteiger partial charge in [0, 0.05) is 0 Å². The van der Waals surface area contributed by atoms with Crippen LogP contribution in [0.5, 0.6) is 0 Å². The predicted molar refractivity (Wildman–Crippen MR) is 38.3 cm³/mol. The standard InChI is InChI=1S/C6H12OSi/c1-4-5-6-7-8(2)3/h8H,6H2,1-3H3.